The lowest BCUT2D eigenvalue weighted by Crippen LogP contribution is -2.12. The minimum absolute atomic E-state index is 0.458. The van der Waals surface area contributed by atoms with Gasteiger partial charge in [-0.25, -0.2) is 0 Å². The molecule has 2 nitrogen and oxygen atoms in total. The van der Waals surface area contributed by atoms with Crippen LogP contribution >= 0.6 is 0 Å². The van der Waals surface area contributed by atoms with Crippen molar-refractivity contribution in [2.75, 3.05) is 0 Å². The number of benzene rings is 3. The second-order valence-electron chi connectivity index (χ2n) is 5.48. The van der Waals surface area contributed by atoms with Gasteiger partial charge in [0.05, 0.1) is 5.92 Å². The normalized spacial score (nSPS) is 12.2. The summed E-state index contributed by atoms with van der Waals surface area (Å²) in [5.41, 5.74) is 2.08. The van der Waals surface area contributed by atoms with Crippen LogP contribution in [0.3, 0.4) is 0 Å². The number of aliphatic carboxylic acids is 1. The average Bonchev–Trinajstić information content (AvgIpc) is 2.56. The summed E-state index contributed by atoms with van der Waals surface area (Å²) in [6.45, 7) is 0. The summed E-state index contributed by atoms with van der Waals surface area (Å²) in [5.74, 6) is -1.22. The fourth-order valence-corrected chi connectivity index (χ4v) is 2.93. The van der Waals surface area contributed by atoms with Crippen molar-refractivity contribution in [1.82, 2.24) is 0 Å². The van der Waals surface area contributed by atoms with E-state index in [-0.39, 0.29) is 0 Å². The molecule has 0 bridgehead atoms. The highest BCUT2D eigenvalue weighted by molar-refractivity contribution is 5.85. The Labute approximate surface area is 130 Å². The first kappa shape index (κ1) is 14.3. The quantitative estimate of drug-likeness (QED) is 0.743. The molecule has 0 aliphatic heterocycles. The molecule has 0 amide bonds. The molecule has 0 fully saturated rings. The highest BCUT2D eigenvalue weighted by atomic mass is 16.4. The van der Waals surface area contributed by atoms with Crippen LogP contribution in [-0.2, 0) is 11.2 Å². The Morgan fingerprint density at radius 2 is 1.55 bits per heavy atom. The van der Waals surface area contributed by atoms with Gasteiger partial charge < -0.3 is 5.11 Å². The van der Waals surface area contributed by atoms with E-state index in [2.05, 4.69) is 24.3 Å². The van der Waals surface area contributed by atoms with Crippen LogP contribution in [0.5, 0.6) is 0 Å². The summed E-state index contributed by atoms with van der Waals surface area (Å²) in [6.07, 6.45) is 1.36. The van der Waals surface area contributed by atoms with E-state index in [1.54, 1.807) is 0 Å². The van der Waals surface area contributed by atoms with E-state index in [0.717, 1.165) is 12.0 Å². The van der Waals surface area contributed by atoms with Crippen LogP contribution in [0, 0.1) is 0 Å². The molecule has 0 aromatic heterocycles. The number of carboxylic acids is 1. The van der Waals surface area contributed by atoms with Gasteiger partial charge in [0.15, 0.2) is 0 Å². The Hall–Kier alpha value is -2.61. The molecular weight excluding hydrogens is 272 g/mol. The second-order valence-corrected chi connectivity index (χ2v) is 5.48. The molecule has 0 radical (unpaired) electrons. The summed E-state index contributed by atoms with van der Waals surface area (Å²) in [7, 11) is 0. The number of hydrogen-bond donors (Lipinski definition) is 1. The lowest BCUT2D eigenvalue weighted by molar-refractivity contribution is -0.138. The Kier molecular flexibility index (Phi) is 4.19. The zero-order chi connectivity index (χ0) is 15.4. The Bertz CT molecular complexity index is 773. The average molecular weight is 290 g/mol. The standard InChI is InChI=1S/C20H18O2/c21-20(22)19(16-7-2-1-3-8-16)14-13-17-11-6-10-15-9-4-5-12-18(15)17/h1-12,19H,13-14H2,(H,21,22). The van der Waals surface area contributed by atoms with E-state index in [9.17, 15) is 9.90 Å². The van der Waals surface area contributed by atoms with E-state index < -0.39 is 11.9 Å². The molecular formula is C20H18O2. The van der Waals surface area contributed by atoms with Crippen molar-refractivity contribution in [3.8, 4) is 0 Å². The van der Waals surface area contributed by atoms with Crippen molar-refractivity contribution in [2.24, 2.45) is 0 Å². The third-order valence-corrected chi connectivity index (χ3v) is 4.08. The number of carbonyl (C=O) groups is 1. The SMILES string of the molecule is O=C(O)C(CCc1cccc2ccccc12)c1ccccc1. The van der Waals surface area contributed by atoms with Crippen LogP contribution in [0.1, 0.15) is 23.5 Å². The molecule has 0 aliphatic rings. The van der Waals surface area contributed by atoms with Crippen molar-refractivity contribution >= 4 is 16.7 Å². The maximum Gasteiger partial charge on any atom is 0.310 e. The van der Waals surface area contributed by atoms with Gasteiger partial charge in [0.1, 0.15) is 0 Å². The predicted octanol–water partition coefficient (Wildman–Crippen LogP) is 4.64. The van der Waals surface area contributed by atoms with E-state index in [1.165, 1.54) is 16.3 Å². The van der Waals surface area contributed by atoms with Crippen LogP contribution in [0.2, 0.25) is 0 Å². The van der Waals surface area contributed by atoms with E-state index >= 15 is 0 Å². The third kappa shape index (κ3) is 3.01. The van der Waals surface area contributed by atoms with Crippen LogP contribution in [0.25, 0.3) is 10.8 Å². The van der Waals surface area contributed by atoms with Crippen molar-refractivity contribution in [3.63, 3.8) is 0 Å². The van der Waals surface area contributed by atoms with Crippen LogP contribution in [-0.4, -0.2) is 11.1 Å². The minimum Gasteiger partial charge on any atom is -0.481 e. The van der Waals surface area contributed by atoms with Gasteiger partial charge in [-0.2, -0.15) is 0 Å². The lowest BCUT2D eigenvalue weighted by atomic mass is 9.91. The zero-order valence-corrected chi connectivity index (χ0v) is 12.3. The molecule has 0 saturated heterocycles. The first-order valence-electron chi connectivity index (χ1n) is 7.50. The highest BCUT2D eigenvalue weighted by Gasteiger charge is 2.19. The molecule has 1 unspecified atom stereocenters. The van der Waals surface area contributed by atoms with Crippen LogP contribution in [0.15, 0.2) is 72.8 Å². The fourth-order valence-electron chi connectivity index (χ4n) is 2.93. The van der Waals surface area contributed by atoms with Crippen molar-refractivity contribution < 1.29 is 9.90 Å². The van der Waals surface area contributed by atoms with Crippen molar-refractivity contribution in [2.45, 2.75) is 18.8 Å². The molecule has 0 saturated carbocycles. The van der Waals surface area contributed by atoms with Gasteiger partial charge in [0, 0.05) is 0 Å². The van der Waals surface area contributed by atoms with Crippen molar-refractivity contribution in [3.05, 3.63) is 83.9 Å². The highest BCUT2D eigenvalue weighted by Crippen LogP contribution is 2.25. The summed E-state index contributed by atoms with van der Waals surface area (Å²) in [5, 5.41) is 11.9. The number of fused-ring (bicyclic) bond motifs is 1. The summed E-state index contributed by atoms with van der Waals surface area (Å²) in [4.78, 5) is 11.6. The van der Waals surface area contributed by atoms with E-state index in [0.29, 0.717) is 6.42 Å². The maximum atomic E-state index is 11.6. The zero-order valence-electron chi connectivity index (χ0n) is 12.3. The first-order chi connectivity index (χ1) is 10.8. The van der Waals surface area contributed by atoms with E-state index in [1.807, 2.05) is 48.5 Å². The Balaban J connectivity index is 1.84. The molecule has 2 heteroatoms. The fraction of sp³-hybridized carbons (Fsp3) is 0.150. The van der Waals surface area contributed by atoms with Gasteiger partial charge in [-0.15, -0.1) is 0 Å². The van der Waals surface area contributed by atoms with Crippen LogP contribution in [0.4, 0.5) is 0 Å². The topological polar surface area (TPSA) is 37.3 Å². The van der Waals surface area contributed by atoms with Gasteiger partial charge in [0.2, 0.25) is 0 Å². The number of aryl methyl sites for hydroxylation is 1. The Morgan fingerprint density at radius 1 is 0.864 bits per heavy atom. The number of carboxylic acid groups (broad SMARTS) is 1. The van der Waals surface area contributed by atoms with E-state index in [4.69, 9.17) is 0 Å². The lowest BCUT2D eigenvalue weighted by Gasteiger charge is -2.13. The number of rotatable bonds is 5. The van der Waals surface area contributed by atoms with Gasteiger partial charge >= 0.3 is 5.97 Å². The molecule has 3 rings (SSSR count). The summed E-state index contributed by atoms with van der Waals surface area (Å²) in [6, 6.07) is 23.9. The van der Waals surface area contributed by atoms with Gasteiger partial charge in [-0.3, -0.25) is 4.79 Å². The smallest absolute Gasteiger partial charge is 0.310 e. The van der Waals surface area contributed by atoms with Gasteiger partial charge in [-0.05, 0) is 34.7 Å². The van der Waals surface area contributed by atoms with Crippen LogP contribution < -0.4 is 0 Å². The molecule has 0 heterocycles. The van der Waals surface area contributed by atoms with Gasteiger partial charge in [-0.1, -0.05) is 72.8 Å². The van der Waals surface area contributed by atoms with Gasteiger partial charge in [0.25, 0.3) is 0 Å². The van der Waals surface area contributed by atoms with Crippen molar-refractivity contribution in [1.29, 1.82) is 0 Å². The molecule has 3 aromatic rings. The molecule has 110 valence electrons. The molecule has 0 aliphatic carbocycles. The number of hydrogen-bond acceptors (Lipinski definition) is 1. The maximum absolute atomic E-state index is 11.6. The summed E-state index contributed by atoms with van der Waals surface area (Å²) >= 11 is 0. The Morgan fingerprint density at radius 3 is 2.32 bits per heavy atom. The monoisotopic (exact) mass is 290 g/mol. The molecule has 22 heavy (non-hydrogen) atoms. The minimum atomic E-state index is -0.758. The first-order valence-corrected chi connectivity index (χ1v) is 7.50. The largest absolute Gasteiger partial charge is 0.481 e. The third-order valence-electron chi connectivity index (χ3n) is 4.08. The second kappa shape index (κ2) is 6.44. The predicted molar refractivity (Wildman–Crippen MR) is 89.1 cm³/mol. The summed E-state index contributed by atoms with van der Waals surface area (Å²) < 4.78 is 0. The molecule has 1 atom stereocenters. The molecule has 3 aromatic carbocycles. The molecule has 1 N–H and O–H groups in total. The molecule has 0 spiro atoms.